The van der Waals surface area contributed by atoms with Gasteiger partial charge in [-0.15, -0.1) is 0 Å². The summed E-state index contributed by atoms with van der Waals surface area (Å²) < 4.78 is 0. The molecule has 0 unspecified atom stereocenters. The van der Waals surface area contributed by atoms with Gasteiger partial charge in [-0.25, -0.2) is 0 Å². The maximum absolute atomic E-state index is 3.66. The zero-order chi connectivity index (χ0) is 14.7. The molecule has 0 spiro atoms. The summed E-state index contributed by atoms with van der Waals surface area (Å²) in [5, 5.41) is 3.66. The summed E-state index contributed by atoms with van der Waals surface area (Å²) in [7, 11) is 2.20. The van der Waals surface area contributed by atoms with Crippen LogP contribution in [0.4, 0.5) is 0 Å². The van der Waals surface area contributed by atoms with E-state index in [1.54, 1.807) is 19.3 Å². The second kappa shape index (κ2) is 4.98. The standard InChI is InChI=1S/C20H35N/c1-19-12-5-4-6-14(19)7-8-15-16-9-10-18(21-3)20(16,2)13-11-17(15)19/h14-18,21H,4-13H2,1-3H3/t14-,15+,16+,17+,18+,19+,20+/m1/s1. The van der Waals surface area contributed by atoms with Crippen molar-refractivity contribution >= 4 is 0 Å². The van der Waals surface area contributed by atoms with Crippen LogP contribution < -0.4 is 5.32 Å². The van der Waals surface area contributed by atoms with E-state index in [1.165, 1.54) is 44.9 Å². The first-order valence-electron chi connectivity index (χ1n) is 9.77. The third-order valence-corrected chi connectivity index (χ3v) is 8.93. The van der Waals surface area contributed by atoms with Crippen molar-refractivity contribution in [3.8, 4) is 0 Å². The van der Waals surface area contributed by atoms with Gasteiger partial charge in [0, 0.05) is 6.04 Å². The summed E-state index contributed by atoms with van der Waals surface area (Å²) in [6.45, 7) is 5.32. The molecule has 4 fully saturated rings. The maximum atomic E-state index is 3.66. The normalized spacial score (nSPS) is 56.4. The summed E-state index contributed by atoms with van der Waals surface area (Å²) in [5.74, 6) is 4.21. The van der Waals surface area contributed by atoms with Crippen molar-refractivity contribution in [1.82, 2.24) is 5.32 Å². The Kier molecular flexibility index (Phi) is 3.45. The second-order valence-corrected chi connectivity index (χ2v) is 9.37. The Morgan fingerprint density at radius 2 is 1.57 bits per heavy atom. The van der Waals surface area contributed by atoms with Gasteiger partial charge in [-0.3, -0.25) is 0 Å². The molecular formula is C20H35N. The van der Waals surface area contributed by atoms with Crippen molar-refractivity contribution in [2.75, 3.05) is 7.05 Å². The first-order valence-corrected chi connectivity index (χ1v) is 9.77. The van der Waals surface area contributed by atoms with Crippen LogP contribution in [-0.4, -0.2) is 13.1 Å². The van der Waals surface area contributed by atoms with E-state index in [-0.39, 0.29) is 0 Å². The zero-order valence-corrected chi connectivity index (χ0v) is 14.5. The molecule has 0 amide bonds. The minimum Gasteiger partial charge on any atom is -0.316 e. The Morgan fingerprint density at radius 1 is 0.762 bits per heavy atom. The third-order valence-electron chi connectivity index (χ3n) is 8.93. The smallest absolute Gasteiger partial charge is 0.0121 e. The van der Waals surface area contributed by atoms with E-state index in [9.17, 15) is 0 Å². The molecule has 4 aliphatic rings. The Morgan fingerprint density at radius 3 is 2.38 bits per heavy atom. The van der Waals surface area contributed by atoms with E-state index < -0.39 is 0 Å². The van der Waals surface area contributed by atoms with Crippen molar-refractivity contribution in [3.63, 3.8) is 0 Å². The monoisotopic (exact) mass is 289 g/mol. The topological polar surface area (TPSA) is 12.0 Å². The third kappa shape index (κ3) is 1.92. The molecule has 4 rings (SSSR count). The summed E-state index contributed by atoms with van der Waals surface area (Å²) in [4.78, 5) is 0. The Bertz CT molecular complexity index is 405. The minimum absolute atomic E-state index is 0.605. The molecule has 1 N–H and O–H groups in total. The lowest BCUT2D eigenvalue weighted by Crippen LogP contribution is -2.54. The minimum atomic E-state index is 0.605. The van der Waals surface area contributed by atoms with Gasteiger partial charge in [0.15, 0.2) is 0 Å². The van der Waals surface area contributed by atoms with Gasteiger partial charge in [0.05, 0.1) is 0 Å². The summed E-state index contributed by atoms with van der Waals surface area (Å²) in [5.41, 5.74) is 1.31. The molecule has 0 aliphatic heterocycles. The predicted octanol–water partition coefficient (Wildman–Crippen LogP) is 5.01. The first kappa shape index (κ1) is 14.5. The van der Waals surface area contributed by atoms with Crippen LogP contribution in [0.15, 0.2) is 0 Å². The van der Waals surface area contributed by atoms with Crippen LogP contribution in [0.1, 0.15) is 78.1 Å². The highest BCUT2D eigenvalue weighted by atomic mass is 14.9. The SMILES string of the molecule is CN[C@H]1CC[C@H]2[C@@H]3CC[C@H]4CCCC[C@]4(C)[C@H]3CC[C@]12C. The fourth-order valence-corrected chi connectivity index (χ4v) is 7.77. The van der Waals surface area contributed by atoms with Gasteiger partial charge in [-0.2, -0.15) is 0 Å². The molecular weight excluding hydrogens is 254 g/mol. The molecule has 7 atom stereocenters. The van der Waals surface area contributed by atoms with Crippen molar-refractivity contribution in [2.45, 2.75) is 84.1 Å². The van der Waals surface area contributed by atoms with Crippen molar-refractivity contribution in [2.24, 2.45) is 34.5 Å². The fraction of sp³-hybridized carbons (Fsp3) is 1.00. The quantitative estimate of drug-likeness (QED) is 0.715. The average Bonchev–Trinajstić information content (AvgIpc) is 2.83. The van der Waals surface area contributed by atoms with Crippen LogP contribution in [0.2, 0.25) is 0 Å². The van der Waals surface area contributed by atoms with Crippen molar-refractivity contribution in [1.29, 1.82) is 0 Å². The molecule has 0 bridgehead atoms. The molecule has 4 saturated carbocycles. The van der Waals surface area contributed by atoms with Gasteiger partial charge in [0.25, 0.3) is 0 Å². The Hall–Kier alpha value is -0.0400. The van der Waals surface area contributed by atoms with E-state index >= 15 is 0 Å². The predicted molar refractivity (Wildman–Crippen MR) is 89.2 cm³/mol. The molecule has 1 nitrogen and oxygen atoms in total. The lowest BCUT2D eigenvalue weighted by molar-refractivity contribution is -0.106. The fourth-order valence-electron chi connectivity index (χ4n) is 7.77. The molecule has 0 radical (unpaired) electrons. The highest BCUT2D eigenvalue weighted by molar-refractivity contribution is 5.10. The number of hydrogen-bond acceptors (Lipinski definition) is 1. The Balaban J connectivity index is 1.62. The van der Waals surface area contributed by atoms with Crippen LogP contribution in [0, 0.1) is 34.5 Å². The van der Waals surface area contributed by atoms with Crippen LogP contribution in [0.25, 0.3) is 0 Å². The van der Waals surface area contributed by atoms with Gasteiger partial charge in [-0.05, 0) is 92.9 Å². The van der Waals surface area contributed by atoms with Crippen molar-refractivity contribution < 1.29 is 0 Å². The van der Waals surface area contributed by atoms with Gasteiger partial charge in [-0.1, -0.05) is 26.7 Å². The summed E-state index contributed by atoms with van der Waals surface area (Å²) >= 11 is 0. The van der Waals surface area contributed by atoms with Crippen LogP contribution >= 0.6 is 0 Å². The number of nitrogens with one attached hydrogen (secondary N) is 1. The van der Waals surface area contributed by atoms with Gasteiger partial charge in [0.1, 0.15) is 0 Å². The number of rotatable bonds is 1. The second-order valence-electron chi connectivity index (χ2n) is 9.37. The van der Waals surface area contributed by atoms with Gasteiger partial charge >= 0.3 is 0 Å². The Labute approximate surface area is 131 Å². The first-order chi connectivity index (χ1) is 10.1. The van der Waals surface area contributed by atoms with Gasteiger partial charge in [0.2, 0.25) is 0 Å². The van der Waals surface area contributed by atoms with Crippen LogP contribution in [0.5, 0.6) is 0 Å². The van der Waals surface area contributed by atoms with Crippen LogP contribution in [0.3, 0.4) is 0 Å². The van der Waals surface area contributed by atoms with E-state index in [0.29, 0.717) is 10.8 Å². The largest absolute Gasteiger partial charge is 0.316 e. The maximum Gasteiger partial charge on any atom is 0.0121 e. The highest BCUT2D eigenvalue weighted by Gasteiger charge is 2.59. The number of hydrogen-bond donors (Lipinski definition) is 1. The molecule has 0 heterocycles. The van der Waals surface area contributed by atoms with Gasteiger partial charge < -0.3 is 5.32 Å². The number of fused-ring (bicyclic) bond motifs is 5. The molecule has 0 aromatic heterocycles. The molecule has 0 saturated heterocycles. The molecule has 4 aliphatic carbocycles. The van der Waals surface area contributed by atoms with Crippen LogP contribution in [-0.2, 0) is 0 Å². The molecule has 0 aromatic rings. The summed E-state index contributed by atoms with van der Waals surface area (Å²) in [6, 6.07) is 0.792. The lowest BCUT2D eigenvalue weighted by Gasteiger charge is -2.60. The van der Waals surface area contributed by atoms with E-state index in [1.807, 2.05) is 0 Å². The van der Waals surface area contributed by atoms with E-state index in [0.717, 1.165) is 29.7 Å². The molecule has 0 aromatic carbocycles. The molecule has 120 valence electrons. The van der Waals surface area contributed by atoms with E-state index in [2.05, 4.69) is 26.2 Å². The average molecular weight is 290 g/mol. The highest BCUT2D eigenvalue weighted by Crippen LogP contribution is 2.66. The van der Waals surface area contributed by atoms with Crippen molar-refractivity contribution in [3.05, 3.63) is 0 Å². The molecule has 21 heavy (non-hydrogen) atoms. The lowest BCUT2D eigenvalue weighted by atomic mass is 9.45. The zero-order valence-electron chi connectivity index (χ0n) is 14.5. The summed E-state index contributed by atoms with van der Waals surface area (Å²) in [6.07, 6.45) is 15.2. The van der Waals surface area contributed by atoms with E-state index in [4.69, 9.17) is 0 Å². The molecule has 1 heteroatoms.